The van der Waals surface area contributed by atoms with Crippen LogP contribution in [0.4, 0.5) is 18.9 Å². The summed E-state index contributed by atoms with van der Waals surface area (Å²) in [5.41, 5.74) is 4.94. The van der Waals surface area contributed by atoms with E-state index in [-0.39, 0.29) is 0 Å². The summed E-state index contributed by atoms with van der Waals surface area (Å²) in [6, 6.07) is 4.95. The van der Waals surface area contributed by atoms with Crippen LogP contribution in [0.5, 0.6) is 0 Å². The molecule has 1 atom stereocenters. The summed E-state index contributed by atoms with van der Waals surface area (Å²) in [6.07, 6.45) is 0.507. The Labute approximate surface area is 139 Å². The number of anilines is 1. The number of nitrogens with zero attached hydrogens (tertiary/aromatic N) is 2. The molecule has 0 fully saturated rings. The van der Waals surface area contributed by atoms with Crippen molar-refractivity contribution in [3.8, 4) is 0 Å². The van der Waals surface area contributed by atoms with E-state index in [0.717, 1.165) is 25.1 Å². The maximum atomic E-state index is 12.8. The maximum Gasteiger partial charge on any atom is 0.416 e. The molecule has 0 radical (unpaired) electrons. The molecule has 24 heavy (non-hydrogen) atoms. The van der Waals surface area contributed by atoms with Crippen molar-refractivity contribution in [2.75, 3.05) is 26.0 Å². The van der Waals surface area contributed by atoms with Gasteiger partial charge in [-0.3, -0.25) is 0 Å². The molecule has 1 aromatic carbocycles. The molecule has 132 valence electrons. The molecule has 1 aliphatic rings. The van der Waals surface area contributed by atoms with Gasteiger partial charge in [-0.25, -0.2) is 4.99 Å². The van der Waals surface area contributed by atoms with Gasteiger partial charge in [-0.1, -0.05) is 6.07 Å². The highest BCUT2D eigenvalue weighted by atomic mass is 19.4. The van der Waals surface area contributed by atoms with Crippen molar-refractivity contribution in [2.45, 2.75) is 24.7 Å². The first-order valence-corrected chi connectivity index (χ1v) is 7.60. The molecule has 5 nitrogen and oxygen atoms in total. The molecule has 1 heterocycles. The van der Waals surface area contributed by atoms with Crippen LogP contribution in [-0.4, -0.2) is 37.2 Å². The molecule has 2 rings (SSSR count). The number of nitrogens with two attached hydrogens (primary N) is 1. The van der Waals surface area contributed by atoms with Crippen LogP contribution in [-0.2, 0) is 6.18 Å². The molecule has 0 spiro atoms. The van der Waals surface area contributed by atoms with Crippen molar-refractivity contribution in [3.05, 3.63) is 42.1 Å². The normalized spacial score (nSPS) is 20.7. The molecule has 1 aromatic rings. The fourth-order valence-corrected chi connectivity index (χ4v) is 2.33. The number of hydrogen-bond donors (Lipinski definition) is 3. The van der Waals surface area contributed by atoms with Crippen LogP contribution in [0, 0.1) is 0 Å². The number of benzene rings is 1. The number of rotatable bonds is 5. The van der Waals surface area contributed by atoms with Crippen LogP contribution in [0.2, 0.25) is 0 Å². The average Bonchev–Trinajstić information content (AvgIpc) is 2.46. The van der Waals surface area contributed by atoms with E-state index in [0.29, 0.717) is 18.1 Å². The monoisotopic (exact) mass is 341 g/mol. The van der Waals surface area contributed by atoms with Crippen LogP contribution in [0.1, 0.15) is 18.4 Å². The van der Waals surface area contributed by atoms with E-state index in [9.17, 15) is 13.2 Å². The number of guanidine groups is 1. The molecule has 0 bridgehead atoms. The molecule has 4 N–H and O–H groups in total. The number of hydrogen-bond acceptors (Lipinski definition) is 5. The highest BCUT2D eigenvalue weighted by Crippen LogP contribution is 2.30. The van der Waals surface area contributed by atoms with Gasteiger partial charge in [0.2, 0.25) is 5.96 Å². The first-order chi connectivity index (χ1) is 11.2. The lowest BCUT2D eigenvalue weighted by atomic mass is 10.0. The van der Waals surface area contributed by atoms with Gasteiger partial charge >= 0.3 is 6.18 Å². The van der Waals surface area contributed by atoms with Gasteiger partial charge in [0.1, 0.15) is 5.66 Å². The van der Waals surface area contributed by atoms with E-state index in [1.165, 1.54) is 6.07 Å². The highest BCUT2D eigenvalue weighted by Gasteiger charge is 2.30. The first-order valence-electron chi connectivity index (χ1n) is 7.60. The van der Waals surface area contributed by atoms with Crippen molar-refractivity contribution in [1.29, 1.82) is 0 Å². The Morgan fingerprint density at radius 2 is 2.08 bits per heavy atom. The number of alkyl halides is 3. The van der Waals surface area contributed by atoms with Gasteiger partial charge in [0.25, 0.3) is 0 Å². The zero-order valence-electron chi connectivity index (χ0n) is 13.7. The second-order valence-electron chi connectivity index (χ2n) is 6.04. The predicted molar refractivity (Wildman–Crippen MR) is 89.5 cm³/mol. The van der Waals surface area contributed by atoms with Crippen molar-refractivity contribution in [2.24, 2.45) is 10.7 Å². The molecule has 0 aromatic heterocycles. The topological polar surface area (TPSA) is 65.7 Å². The van der Waals surface area contributed by atoms with Gasteiger partial charge in [-0.05, 0) is 57.8 Å². The molecule has 0 saturated carbocycles. The summed E-state index contributed by atoms with van der Waals surface area (Å²) in [5, 5.41) is 5.71. The molecular weight excluding hydrogens is 319 g/mol. The van der Waals surface area contributed by atoms with Gasteiger partial charge in [0.05, 0.1) is 5.56 Å². The van der Waals surface area contributed by atoms with Crippen LogP contribution < -0.4 is 16.4 Å². The average molecular weight is 341 g/mol. The largest absolute Gasteiger partial charge is 0.416 e. The SMILES string of the molecule is CN(C)CCCC1(N)C=CNC(Nc2cccc(C(F)(F)F)c2)=N1. The summed E-state index contributed by atoms with van der Waals surface area (Å²) >= 11 is 0. The Morgan fingerprint density at radius 3 is 2.75 bits per heavy atom. The molecule has 1 aliphatic heterocycles. The molecule has 8 heteroatoms. The van der Waals surface area contributed by atoms with Gasteiger partial charge in [-0.15, -0.1) is 0 Å². The van der Waals surface area contributed by atoms with Crippen LogP contribution >= 0.6 is 0 Å². The molecule has 0 amide bonds. The van der Waals surface area contributed by atoms with E-state index in [1.54, 1.807) is 18.3 Å². The van der Waals surface area contributed by atoms with Gasteiger partial charge in [-0.2, -0.15) is 13.2 Å². The Kier molecular flexibility index (Phi) is 5.51. The summed E-state index contributed by atoms with van der Waals surface area (Å²) in [7, 11) is 3.96. The van der Waals surface area contributed by atoms with Gasteiger partial charge in [0, 0.05) is 11.9 Å². The van der Waals surface area contributed by atoms with Gasteiger partial charge in [0.15, 0.2) is 0 Å². The third kappa shape index (κ3) is 5.24. The summed E-state index contributed by atoms with van der Waals surface area (Å²) in [5.74, 6) is 0.323. The highest BCUT2D eigenvalue weighted by molar-refractivity contribution is 5.95. The Morgan fingerprint density at radius 1 is 1.33 bits per heavy atom. The zero-order chi connectivity index (χ0) is 17.8. The van der Waals surface area contributed by atoms with Crippen molar-refractivity contribution >= 4 is 11.6 Å². The van der Waals surface area contributed by atoms with E-state index < -0.39 is 17.4 Å². The second kappa shape index (κ2) is 7.23. The van der Waals surface area contributed by atoms with E-state index in [2.05, 4.69) is 20.5 Å². The third-order valence-electron chi connectivity index (χ3n) is 3.55. The summed E-state index contributed by atoms with van der Waals surface area (Å²) in [6.45, 7) is 0.881. The number of aliphatic imine (C=N–C) groups is 1. The third-order valence-corrected chi connectivity index (χ3v) is 3.55. The lowest BCUT2D eigenvalue weighted by Crippen LogP contribution is -2.44. The van der Waals surface area contributed by atoms with Crippen LogP contribution in [0.25, 0.3) is 0 Å². The van der Waals surface area contributed by atoms with Gasteiger partial charge < -0.3 is 21.3 Å². The minimum absolute atomic E-state index is 0.294. The maximum absolute atomic E-state index is 12.8. The second-order valence-corrected chi connectivity index (χ2v) is 6.04. The van der Waals surface area contributed by atoms with Crippen molar-refractivity contribution < 1.29 is 13.2 Å². The lowest BCUT2D eigenvalue weighted by molar-refractivity contribution is -0.137. The fourth-order valence-electron chi connectivity index (χ4n) is 2.33. The molecule has 1 unspecified atom stereocenters. The zero-order valence-corrected chi connectivity index (χ0v) is 13.7. The van der Waals surface area contributed by atoms with Crippen LogP contribution in [0.3, 0.4) is 0 Å². The Bertz CT molecular complexity index is 624. The summed E-state index contributed by atoms with van der Waals surface area (Å²) in [4.78, 5) is 6.44. The van der Waals surface area contributed by atoms with E-state index in [4.69, 9.17) is 5.73 Å². The molecule has 0 aliphatic carbocycles. The standard InChI is InChI=1S/C16H22F3N5/c1-24(2)10-4-7-15(20)8-9-21-14(23-15)22-13-6-3-5-12(11-13)16(17,18)19/h3,5-6,8-9,11H,4,7,10,20H2,1-2H3,(H2,21,22,23). The fraction of sp³-hybridized carbons (Fsp3) is 0.438. The predicted octanol–water partition coefficient (Wildman–Crippen LogP) is 2.59. The smallest absolute Gasteiger partial charge is 0.333 e. The Balaban J connectivity index is 2.07. The first kappa shape index (κ1) is 18.3. The van der Waals surface area contributed by atoms with E-state index in [1.807, 2.05) is 14.1 Å². The quantitative estimate of drug-likeness (QED) is 0.770. The van der Waals surface area contributed by atoms with Crippen molar-refractivity contribution in [3.63, 3.8) is 0 Å². The summed E-state index contributed by atoms with van der Waals surface area (Å²) < 4.78 is 38.3. The van der Waals surface area contributed by atoms with E-state index >= 15 is 0 Å². The number of nitrogens with one attached hydrogen (secondary N) is 2. The number of halogens is 3. The lowest BCUT2D eigenvalue weighted by Gasteiger charge is -2.27. The van der Waals surface area contributed by atoms with Crippen LogP contribution in [0.15, 0.2) is 41.5 Å². The molecule has 0 saturated heterocycles. The Hall–Kier alpha value is -2.06. The minimum Gasteiger partial charge on any atom is -0.333 e. The van der Waals surface area contributed by atoms with Crippen molar-refractivity contribution in [1.82, 2.24) is 10.2 Å². The molecular formula is C16H22F3N5. The minimum atomic E-state index is -4.39.